The van der Waals surface area contributed by atoms with E-state index in [9.17, 15) is 9.90 Å². The van der Waals surface area contributed by atoms with E-state index < -0.39 is 12.1 Å². The van der Waals surface area contributed by atoms with Gasteiger partial charge >= 0.3 is 5.97 Å². The fraction of sp³-hybridized carbons (Fsp3) is 0.235. The molecule has 3 nitrogen and oxygen atoms in total. The molecule has 0 aliphatic rings. The smallest absolute Gasteiger partial charge is 0.345 e. The molecule has 0 saturated carbocycles. The van der Waals surface area contributed by atoms with Gasteiger partial charge in [-0.3, -0.25) is 0 Å². The Morgan fingerprint density at radius 1 is 1.19 bits per heavy atom. The molecule has 0 fully saturated rings. The number of carboxylic acids is 1. The van der Waals surface area contributed by atoms with Crippen LogP contribution < -0.4 is 4.74 Å². The second-order valence-corrected chi connectivity index (χ2v) is 5.39. The number of carboxylic acid groups (broad SMARTS) is 1. The van der Waals surface area contributed by atoms with Crippen LogP contribution >= 0.6 is 11.6 Å². The van der Waals surface area contributed by atoms with E-state index in [0.717, 1.165) is 16.7 Å². The molecule has 2 rings (SSSR count). The predicted octanol–water partition coefficient (Wildman–Crippen LogP) is 4.03. The van der Waals surface area contributed by atoms with E-state index in [2.05, 4.69) is 0 Å². The first-order valence-electron chi connectivity index (χ1n) is 6.67. The van der Waals surface area contributed by atoms with E-state index in [1.54, 1.807) is 18.2 Å². The number of hydrogen-bond donors (Lipinski definition) is 1. The highest BCUT2D eigenvalue weighted by molar-refractivity contribution is 6.31. The summed E-state index contributed by atoms with van der Waals surface area (Å²) in [5, 5.41) is 9.98. The Kier molecular flexibility index (Phi) is 4.86. The molecule has 1 N–H and O–H groups in total. The average Bonchev–Trinajstić information content (AvgIpc) is 2.45. The van der Waals surface area contributed by atoms with Crippen molar-refractivity contribution < 1.29 is 14.6 Å². The Hall–Kier alpha value is -2.00. The zero-order chi connectivity index (χ0) is 15.4. The summed E-state index contributed by atoms with van der Waals surface area (Å²) in [5.74, 6) is -0.442. The van der Waals surface area contributed by atoms with Gasteiger partial charge in [0, 0.05) is 11.4 Å². The lowest BCUT2D eigenvalue weighted by Crippen LogP contribution is -2.29. The molecule has 0 spiro atoms. The number of aliphatic carboxylic acids is 1. The number of rotatable bonds is 5. The molecule has 2 aromatic rings. The molecule has 0 heterocycles. The number of aryl methyl sites for hydroxylation is 1. The van der Waals surface area contributed by atoms with Gasteiger partial charge in [0.2, 0.25) is 0 Å². The average molecular weight is 305 g/mol. The molecular formula is C17H17ClO3. The van der Waals surface area contributed by atoms with Gasteiger partial charge in [0.05, 0.1) is 0 Å². The summed E-state index contributed by atoms with van der Waals surface area (Å²) in [7, 11) is 0. The van der Waals surface area contributed by atoms with Gasteiger partial charge in [0.25, 0.3) is 0 Å². The minimum atomic E-state index is -0.991. The third-order valence-electron chi connectivity index (χ3n) is 3.36. The van der Waals surface area contributed by atoms with Crippen LogP contribution in [0.25, 0.3) is 0 Å². The van der Waals surface area contributed by atoms with Crippen LogP contribution in [0.5, 0.6) is 5.75 Å². The molecule has 0 unspecified atom stereocenters. The molecule has 0 amide bonds. The van der Waals surface area contributed by atoms with Gasteiger partial charge in [-0.05, 0) is 43.2 Å². The van der Waals surface area contributed by atoms with Crippen LogP contribution in [0.3, 0.4) is 0 Å². The zero-order valence-corrected chi connectivity index (χ0v) is 12.7. The van der Waals surface area contributed by atoms with Crippen molar-refractivity contribution in [3.05, 3.63) is 64.2 Å². The summed E-state index contributed by atoms with van der Waals surface area (Å²) in [6.45, 7) is 3.84. The zero-order valence-electron chi connectivity index (χ0n) is 12.0. The molecule has 0 aliphatic heterocycles. The van der Waals surface area contributed by atoms with Gasteiger partial charge in [-0.2, -0.15) is 0 Å². The summed E-state index contributed by atoms with van der Waals surface area (Å²) < 4.78 is 5.59. The number of halogens is 1. The van der Waals surface area contributed by atoms with Crippen LogP contribution in [0, 0.1) is 13.8 Å². The van der Waals surface area contributed by atoms with Gasteiger partial charge in [0.15, 0.2) is 6.10 Å². The summed E-state index contributed by atoms with van der Waals surface area (Å²) in [6, 6.07) is 12.8. The molecule has 1 atom stereocenters. The van der Waals surface area contributed by atoms with Crippen LogP contribution in [-0.4, -0.2) is 17.2 Å². The summed E-state index contributed by atoms with van der Waals surface area (Å²) >= 11 is 6.07. The van der Waals surface area contributed by atoms with Crippen molar-refractivity contribution in [3.63, 3.8) is 0 Å². The Labute approximate surface area is 129 Å². The molecule has 0 aromatic heterocycles. The van der Waals surface area contributed by atoms with Crippen molar-refractivity contribution in [2.45, 2.75) is 26.4 Å². The van der Waals surface area contributed by atoms with Crippen molar-refractivity contribution in [1.29, 1.82) is 0 Å². The molecule has 0 saturated heterocycles. The van der Waals surface area contributed by atoms with E-state index in [-0.39, 0.29) is 6.42 Å². The topological polar surface area (TPSA) is 46.5 Å². The third-order valence-corrected chi connectivity index (χ3v) is 3.77. The van der Waals surface area contributed by atoms with E-state index in [4.69, 9.17) is 16.3 Å². The standard InChI is InChI=1S/C17H17ClO3/c1-11-6-8-14(9-7-11)21-16(17(19)20)10-13-4-3-5-15(18)12(13)2/h3-9,16H,10H2,1-2H3,(H,19,20)/t16-/m0/s1. The second kappa shape index (κ2) is 6.64. The number of hydrogen-bond acceptors (Lipinski definition) is 2. The largest absolute Gasteiger partial charge is 0.478 e. The van der Waals surface area contributed by atoms with Crippen molar-refractivity contribution >= 4 is 17.6 Å². The van der Waals surface area contributed by atoms with Gasteiger partial charge in [-0.25, -0.2) is 4.79 Å². The molecule has 21 heavy (non-hydrogen) atoms. The molecule has 2 aromatic carbocycles. The Morgan fingerprint density at radius 2 is 1.86 bits per heavy atom. The maximum Gasteiger partial charge on any atom is 0.345 e. The molecular weight excluding hydrogens is 288 g/mol. The van der Waals surface area contributed by atoms with Gasteiger partial charge in [0.1, 0.15) is 5.75 Å². The lowest BCUT2D eigenvalue weighted by molar-refractivity contribution is -0.145. The minimum absolute atomic E-state index is 0.273. The van der Waals surface area contributed by atoms with E-state index >= 15 is 0 Å². The van der Waals surface area contributed by atoms with Crippen LogP contribution in [0.2, 0.25) is 5.02 Å². The highest BCUT2D eigenvalue weighted by Crippen LogP contribution is 2.22. The Bertz CT molecular complexity index is 635. The fourth-order valence-corrected chi connectivity index (χ4v) is 2.23. The van der Waals surface area contributed by atoms with Crippen LogP contribution in [0.4, 0.5) is 0 Å². The van der Waals surface area contributed by atoms with Crippen molar-refractivity contribution in [1.82, 2.24) is 0 Å². The number of benzene rings is 2. The van der Waals surface area contributed by atoms with Gasteiger partial charge < -0.3 is 9.84 Å². The first kappa shape index (κ1) is 15.4. The lowest BCUT2D eigenvalue weighted by Gasteiger charge is -2.17. The van der Waals surface area contributed by atoms with E-state index in [1.165, 1.54) is 0 Å². The van der Waals surface area contributed by atoms with Crippen LogP contribution in [-0.2, 0) is 11.2 Å². The van der Waals surface area contributed by atoms with Gasteiger partial charge in [-0.1, -0.05) is 41.4 Å². The molecule has 0 bridgehead atoms. The number of ether oxygens (including phenoxy) is 1. The van der Waals surface area contributed by atoms with Crippen LogP contribution in [0.15, 0.2) is 42.5 Å². The van der Waals surface area contributed by atoms with Crippen molar-refractivity contribution in [3.8, 4) is 5.75 Å². The van der Waals surface area contributed by atoms with Crippen molar-refractivity contribution in [2.24, 2.45) is 0 Å². The van der Waals surface area contributed by atoms with Gasteiger partial charge in [-0.15, -0.1) is 0 Å². The second-order valence-electron chi connectivity index (χ2n) is 4.99. The predicted molar refractivity (Wildman–Crippen MR) is 83.1 cm³/mol. The lowest BCUT2D eigenvalue weighted by atomic mass is 10.0. The molecule has 4 heteroatoms. The maximum atomic E-state index is 11.4. The summed E-state index contributed by atoms with van der Waals surface area (Å²) in [6.07, 6.45) is -0.667. The Morgan fingerprint density at radius 3 is 2.48 bits per heavy atom. The first-order valence-corrected chi connectivity index (χ1v) is 7.05. The molecule has 110 valence electrons. The Balaban J connectivity index is 2.18. The normalized spacial score (nSPS) is 12.0. The van der Waals surface area contributed by atoms with E-state index in [1.807, 2.05) is 38.1 Å². The maximum absolute atomic E-state index is 11.4. The molecule has 0 aliphatic carbocycles. The minimum Gasteiger partial charge on any atom is -0.478 e. The summed E-state index contributed by atoms with van der Waals surface area (Å²) in [4.78, 5) is 11.4. The van der Waals surface area contributed by atoms with E-state index in [0.29, 0.717) is 10.8 Å². The summed E-state index contributed by atoms with van der Waals surface area (Å²) in [5.41, 5.74) is 2.86. The molecule has 0 radical (unpaired) electrons. The van der Waals surface area contributed by atoms with Crippen LogP contribution in [0.1, 0.15) is 16.7 Å². The third kappa shape index (κ3) is 3.99. The SMILES string of the molecule is Cc1ccc(O[C@@H](Cc2cccc(Cl)c2C)C(=O)O)cc1. The quantitative estimate of drug-likeness (QED) is 0.907. The first-order chi connectivity index (χ1) is 9.97. The fourth-order valence-electron chi connectivity index (χ4n) is 2.03. The monoisotopic (exact) mass is 304 g/mol. The van der Waals surface area contributed by atoms with Crippen molar-refractivity contribution in [2.75, 3.05) is 0 Å². The number of carbonyl (C=O) groups is 1. The highest BCUT2D eigenvalue weighted by atomic mass is 35.5. The highest BCUT2D eigenvalue weighted by Gasteiger charge is 2.21.